The van der Waals surface area contributed by atoms with Gasteiger partial charge in [-0.3, -0.25) is 4.79 Å². The maximum atomic E-state index is 13.6. The minimum Gasteiger partial charge on any atom is -0.476 e. The smallest absolute Gasteiger partial charge is 0.360 e. The predicted molar refractivity (Wildman–Crippen MR) is 61.4 cm³/mol. The Labute approximate surface area is 105 Å². The van der Waals surface area contributed by atoms with Crippen molar-refractivity contribution in [3.8, 4) is 5.69 Å². The zero-order valence-corrected chi connectivity index (χ0v) is 9.72. The molecule has 1 aromatic carbocycles. The van der Waals surface area contributed by atoms with Crippen LogP contribution in [-0.4, -0.2) is 20.9 Å². The molecular weight excluding hydrogens is 258 g/mol. The van der Waals surface area contributed by atoms with Crippen LogP contribution in [0.4, 0.5) is 8.78 Å². The molecule has 0 radical (unpaired) electrons. The fourth-order valence-electron chi connectivity index (χ4n) is 1.57. The molecule has 0 aliphatic carbocycles. The molecule has 0 spiro atoms. The summed E-state index contributed by atoms with van der Waals surface area (Å²) in [4.78, 5) is 22.4. The van der Waals surface area contributed by atoms with E-state index in [1.54, 1.807) is 0 Å². The number of aromatic nitrogens is 2. The first kappa shape index (κ1) is 12.9. The summed E-state index contributed by atoms with van der Waals surface area (Å²) in [5, 5.41) is 12.3. The number of aromatic carboxylic acids is 1. The molecule has 0 bridgehead atoms. The Bertz CT molecular complexity index is 705. The van der Waals surface area contributed by atoms with E-state index in [1.807, 2.05) is 0 Å². The number of carbonyl (C=O) groups is 1. The van der Waals surface area contributed by atoms with Crippen molar-refractivity contribution in [3.05, 3.63) is 57.5 Å². The lowest BCUT2D eigenvalue weighted by Crippen LogP contribution is -2.24. The molecule has 0 aliphatic heterocycles. The Balaban J connectivity index is 2.78. The quantitative estimate of drug-likeness (QED) is 0.894. The van der Waals surface area contributed by atoms with Gasteiger partial charge in [-0.15, -0.1) is 0 Å². The van der Waals surface area contributed by atoms with Crippen molar-refractivity contribution in [3.63, 3.8) is 0 Å². The number of benzene rings is 1. The maximum absolute atomic E-state index is 13.6. The molecule has 0 unspecified atom stereocenters. The average molecular weight is 266 g/mol. The second-order valence-electron chi connectivity index (χ2n) is 3.81. The Morgan fingerprint density at radius 1 is 1.32 bits per heavy atom. The number of carboxylic acid groups (broad SMARTS) is 1. The third-order valence-corrected chi connectivity index (χ3v) is 2.47. The third-order valence-electron chi connectivity index (χ3n) is 2.47. The molecule has 0 aliphatic rings. The van der Waals surface area contributed by atoms with Gasteiger partial charge in [-0.2, -0.15) is 5.10 Å². The van der Waals surface area contributed by atoms with Gasteiger partial charge in [0, 0.05) is 11.8 Å². The highest BCUT2D eigenvalue weighted by atomic mass is 19.1. The van der Waals surface area contributed by atoms with Gasteiger partial charge in [-0.1, -0.05) is 6.07 Å². The largest absolute Gasteiger partial charge is 0.476 e. The average Bonchev–Trinajstić information content (AvgIpc) is 2.32. The molecule has 0 atom stereocenters. The summed E-state index contributed by atoms with van der Waals surface area (Å²) in [6.07, 6.45) is 1.08. The van der Waals surface area contributed by atoms with Crippen molar-refractivity contribution in [1.82, 2.24) is 9.78 Å². The van der Waals surface area contributed by atoms with Gasteiger partial charge in [0.05, 0.1) is 0 Å². The minimum absolute atomic E-state index is 0.0232. The predicted octanol–water partition coefficient (Wildman–Crippen LogP) is 1.52. The van der Waals surface area contributed by atoms with Crippen LogP contribution in [0, 0.1) is 18.6 Å². The van der Waals surface area contributed by atoms with Gasteiger partial charge >= 0.3 is 5.97 Å². The van der Waals surface area contributed by atoms with Gasteiger partial charge in [0.2, 0.25) is 11.1 Å². The molecule has 1 N–H and O–H groups in total. The molecule has 0 fully saturated rings. The van der Waals surface area contributed by atoms with E-state index in [1.165, 1.54) is 13.0 Å². The van der Waals surface area contributed by atoms with Crippen molar-refractivity contribution in [2.45, 2.75) is 6.92 Å². The summed E-state index contributed by atoms with van der Waals surface area (Å²) in [7, 11) is 0. The van der Waals surface area contributed by atoms with Crippen molar-refractivity contribution < 1.29 is 18.7 Å². The fourth-order valence-corrected chi connectivity index (χ4v) is 1.57. The van der Waals surface area contributed by atoms with Crippen molar-refractivity contribution >= 4 is 5.97 Å². The van der Waals surface area contributed by atoms with Gasteiger partial charge in [0.25, 0.3) is 0 Å². The summed E-state index contributed by atoms with van der Waals surface area (Å²) >= 11 is 0. The van der Waals surface area contributed by atoms with Gasteiger partial charge in [0.15, 0.2) is 11.6 Å². The van der Waals surface area contributed by atoms with Crippen LogP contribution in [0.5, 0.6) is 0 Å². The number of para-hydroxylation sites is 1. The van der Waals surface area contributed by atoms with Crippen LogP contribution in [0.3, 0.4) is 0 Å². The highest BCUT2D eigenvalue weighted by Crippen LogP contribution is 2.16. The van der Waals surface area contributed by atoms with E-state index < -0.39 is 34.4 Å². The minimum atomic E-state index is -1.56. The van der Waals surface area contributed by atoms with E-state index >= 15 is 0 Å². The van der Waals surface area contributed by atoms with E-state index in [2.05, 4.69) is 5.10 Å². The summed E-state index contributed by atoms with van der Waals surface area (Å²) in [5.74, 6) is -3.38. The zero-order chi connectivity index (χ0) is 14.2. The first-order chi connectivity index (χ1) is 8.91. The van der Waals surface area contributed by atoms with E-state index in [0.29, 0.717) is 4.68 Å². The van der Waals surface area contributed by atoms with Crippen molar-refractivity contribution in [2.24, 2.45) is 0 Å². The summed E-state index contributed by atoms with van der Waals surface area (Å²) in [5.41, 5.74) is -2.09. The van der Waals surface area contributed by atoms with Crippen LogP contribution in [-0.2, 0) is 0 Å². The fraction of sp³-hybridized carbons (Fsp3) is 0.0833. The maximum Gasteiger partial charge on any atom is 0.360 e. The van der Waals surface area contributed by atoms with Crippen LogP contribution < -0.4 is 5.43 Å². The van der Waals surface area contributed by atoms with Crippen LogP contribution in [0.1, 0.15) is 16.1 Å². The second-order valence-corrected chi connectivity index (χ2v) is 3.81. The first-order valence-corrected chi connectivity index (χ1v) is 5.20. The SMILES string of the molecule is Cc1cn(-c2c(F)cccc2F)nc(C(=O)O)c1=O. The Kier molecular flexibility index (Phi) is 3.12. The standard InChI is InChI=1S/C12H8F2N2O3/c1-6-5-16(15-9(11(6)17)12(18)19)10-7(13)3-2-4-8(10)14/h2-5H,1H3,(H,18,19). The van der Waals surface area contributed by atoms with E-state index in [0.717, 1.165) is 18.3 Å². The van der Waals surface area contributed by atoms with Gasteiger partial charge < -0.3 is 5.11 Å². The molecule has 19 heavy (non-hydrogen) atoms. The molecular formula is C12H8F2N2O3. The molecule has 0 amide bonds. The number of aryl methyl sites for hydroxylation is 1. The lowest BCUT2D eigenvalue weighted by Gasteiger charge is -2.09. The van der Waals surface area contributed by atoms with E-state index in [-0.39, 0.29) is 5.56 Å². The van der Waals surface area contributed by atoms with Gasteiger partial charge in [-0.05, 0) is 19.1 Å². The Hall–Kier alpha value is -2.57. The van der Waals surface area contributed by atoms with Crippen LogP contribution in [0.15, 0.2) is 29.2 Å². The Morgan fingerprint density at radius 2 is 1.89 bits per heavy atom. The van der Waals surface area contributed by atoms with Gasteiger partial charge in [0.1, 0.15) is 5.69 Å². The molecule has 1 aromatic heterocycles. The van der Waals surface area contributed by atoms with Crippen molar-refractivity contribution in [2.75, 3.05) is 0 Å². The number of nitrogens with zero attached hydrogens (tertiary/aromatic N) is 2. The monoisotopic (exact) mass is 266 g/mol. The first-order valence-electron chi connectivity index (χ1n) is 5.20. The molecule has 2 aromatic rings. The molecule has 0 saturated heterocycles. The van der Waals surface area contributed by atoms with E-state index in [4.69, 9.17) is 5.11 Å². The summed E-state index contributed by atoms with van der Waals surface area (Å²) in [6, 6.07) is 3.18. The Morgan fingerprint density at radius 3 is 2.42 bits per heavy atom. The molecule has 2 rings (SSSR count). The zero-order valence-electron chi connectivity index (χ0n) is 9.72. The van der Waals surface area contributed by atoms with Crippen molar-refractivity contribution in [1.29, 1.82) is 0 Å². The molecule has 98 valence electrons. The number of hydrogen-bond acceptors (Lipinski definition) is 3. The second kappa shape index (κ2) is 4.60. The lowest BCUT2D eigenvalue weighted by atomic mass is 10.2. The highest BCUT2D eigenvalue weighted by molar-refractivity contribution is 5.85. The van der Waals surface area contributed by atoms with Crippen LogP contribution in [0.2, 0.25) is 0 Å². The number of hydrogen-bond donors (Lipinski definition) is 1. The number of halogens is 2. The van der Waals surface area contributed by atoms with Gasteiger partial charge in [-0.25, -0.2) is 18.3 Å². The molecule has 7 heteroatoms. The van der Waals surface area contributed by atoms with E-state index in [9.17, 15) is 18.4 Å². The molecule has 0 saturated carbocycles. The summed E-state index contributed by atoms with van der Waals surface area (Å²) in [6.45, 7) is 1.34. The number of carboxylic acids is 1. The summed E-state index contributed by atoms with van der Waals surface area (Å²) < 4.78 is 27.9. The van der Waals surface area contributed by atoms with Crippen LogP contribution in [0.25, 0.3) is 5.69 Å². The van der Waals surface area contributed by atoms with Crippen LogP contribution >= 0.6 is 0 Å². The third kappa shape index (κ3) is 2.22. The molecule has 5 nitrogen and oxygen atoms in total. The highest BCUT2D eigenvalue weighted by Gasteiger charge is 2.17. The normalized spacial score (nSPS) is 10.5. The number of rotatable bonds is 2. The molecule has 1 heterocycles. The topological polar surface area (TPSA) is 72.2 Å². The lowest BCUT2D eigenvalue weighted by molar-refractivity contribution is 0.0686.